The quantitative estimate of drug-likeness (QED) is 0.751. The summed E-state index contributed by atoms with van der Waals surface area (Å²) < 4.78 is 5.24. The minimum Gasteiger partial charge on any atom is -0.381 e. The first-order chi connectivity index (χ1) is 10.9. The van der Waals surface area contributed by atoms with E-state index in [-0.39, 0.29) is 30.1 Å². The molecule has 24 heavy (non-hydrogen) atoms. The number of anilines is 1. The van der Waals surface area contributed by atoms with E-state index in [1.807, 2.05) is 38.1 Å². The summed E-state index contributed by atoms with van der Waals surface area (Å²) in [4.78, 5) is 23.9. The maximum absolute atomic E-state index is 12.2. The molecule has 0 aromatic heterocycles. The molecule has 2 rings (SSSR count). The predicted molar refractivity (Wildman–Crippen MR) is 96.0 cm³/mol. The van der Waals surface area contributed by atoms with Crippen molar-refractivity contribution in [3.63, 3.8) is 0 Å². The van der Waals surface area contributed by atoms with Crippen LogP contribution in [0, 0.1) is 5.92 Å². The van der Waals surface area contributed by atoms with Crippen molar-refractivity contribution in [1.29, 1.82) is 0 Å². The van der Waals surface area contributed by atoms with Gasteiger partial charge in [0.15, 0.2) is 0 Å². The third kappa shape index (κ3) is 5.47. The number of halogens is 1. The van der Waals surface area contributed by atoms with Crippen LogP contribution in [-0.2, 0) is 20.9 Å². The van der Waals surface area contributed by atoms with E-state index in [1.165, 1.54) is 0 Å². The van der Waals surface area contributed by atoms with E-state index in [1.54, 1.807) is 0 Å². The summed E-state index contributed by atoms with van der Waals surface area (Å²) in [6.45, 7) is 5.15. The van der Waals surface area contributed by atoms with Crippen molar-refractivity contribution in [2.45, 2.75) is 38.8 Å². The third-order valence-corrected chi connectivity index (χ3v) is 4.04. The van der Waals surface area contributed by atoms with Gasteiger partial charge in [0.2, 0.25) is 11.8 Å². The van der Waals surface area contributed by atoms with Gasteiger partial charge in [0.1, 0.15) is 0 Å². The average molecular weight is 356 g/mol. The van der Waals surface area contributed by atoms with Crippen molar-refractivity contribution in [3.05, 3.63) is 29.8 Å². The van der Waals surface area contributed by atoms with Crippen molar-refractivity contribution < 1.29 is 14.3 Å². The average Bonchev–Trinajstić information content (AvgIpc) is 2.54. The van der Waals surface area contributed by atoms with Gasteiger partial charge in [-0.15, -0.1) is 12.4 Å². The van der Waals surface area contributed by atoms with Crippen LogP contribution in [0.1, 0.15) is 32.3 Å². The highest BCUT2D eigenvalue weighted by atomic mass is 35.5. The zero-order valence-corrected chi connectivity index (χ0v) is 14.9. The lowest BCUT2D eigenvalue weighted by molar-refractivity contribution is -0.129. The number of hydrogen-bond donors (Lipinski definition) is 3. The SMILES string of the molecule is CC(C)C(=O)Nc1ccc(CNC(=O)C2(N)CCOCC2)cc1.Cl. The summed E-state index contributed by atoms with van der Waals surface area (Å²) in [5, 5.41) is 5.71. The molecule has 4 N–H and O–H groups in total. The molecule has 6 nitrogen and oxygen atoms in total. The van der Waals surface area contributed by atoms with Crippen molar-refractivity contribution in [2.24, 2.45) is 11.7 Å². The zero-order chi connectivity index (χ0) is 16.9. The molecule has 1 aromatic carbocycles. The molecule has 0 atom stereocenters. The summed E-state index contributed by atoms with van der Waals surface area (Å²) >= 11 is 0. The second-order valence-electron chi connectivity index (χ2n) is 6.29. The Morgan fingerprint density at radius 1 is 1.21 bits per heavy atom. The molecule has 1 fully saturated rings. The molecule has 134 valence electrons. The normalized spacial score (nSPS) is 16.2. The maximum Gasteiger partial charge on any atom is 0.240 e. The third-order valence-electron chi connectivity index (χ3n) is 4.04. The molecule has 0 bridgehead atoms. The monoisotopic (exact) mass is 355 g/mol. The standard InChI is InChI=1S/C17H25N3O3.ClH/c1-12(2)15(21)20-14-5-3-13(4-6-14)11-19-16(22)17(18)7-9-23-10-8-17;/h3-6,12H,7-11,18H2,1-2H3,(H,19,22)(H,20,21);1H. The Balaban J connectivity index is 0.00000288. The first kappa shape index (κ1) is 20.4. The van der Waals surface area contributed by atoms with E-state index in [0.29, 0.717) is 32.6 Å². The molecule has 1 aliphatic rings. The van der Waals surface area contributed by atoms with Crippen LogP contribution in [0.4, 0.5) is 5.69 Å². The molecule has 1 saturated heterocycles. The zero-order valence-electron chi connectivity index (χ0n) is 14.1. The van der Waals surface area contributed by atoms with Crippen LogP contribution < -0.4 is 16.4 Å². The van der Waals surface area contributed by atoms with Gasteiger partial charge < -0.3 is 21.1 Å². The number of carbonyl (C=O) groups is 2. The fourth-order valence-corrected chi connectivity index (χ4v) is 2.31. The topological polar surface area (TPSA) is 93.5 Å². The fourth-order valence-electron chi connectivity index (χ4n) is 2.31. The Hall–Kier alpha value is -1.63. The second-order valence-corrected chi connectivity index (χ2v) is 6.29. The van der Waals surface area contributed by atoms with Crippen molar-refractivity contribution in [2.75, 3.05) is 18.5 Å². The van der Waals surface area contributed by atoms with E-state index < -0.39 is 5.54 Å². The molecule has 2 amide bonds. The highest BCUT2D eigenvalue weighted by Gasteiger charge is 2.35. The minimum atomic E-state index is -0.830. The Kier molecular flexibility index (Phi) is 7.66. The lowest BCUT2D eigenvalue weighted by Crippen LogP contribution is -2.56. The summed E-state index contributed by atoms with van der Waals surface area (Å²) in [5.74, 6) is -0.220. The smallest absolute Gasteiger partial charge is 0.240 e. The van der Waals surface area contributed by atoms with E-state index in [2.05, 4.69) is 10.6 Å². The van der Waals surface area contributed by atoms with Gasteiger partial charge in [-0.05, 0) is 30.5 Å². The summed E-state index contributed by atoms with van der Waals surface area (Å²) in [6, 6.07) is 7.41. The van der Waals surface area contributed by atoms with Crippen LogP contribution in [0.3, 0.4) is 0 Å². The summed E-state index contributed by atoms with van der Waals surface area (Å²) in [5.41, 5.74) is 7.01. The van der Waals surface area contributed by atoms with Gasteiger partial charge in [-0.2, -0.15) is 0 Å². The Labute approximate surface area is 148 Å². The van der Waals surface area contributed by atoms with Gasteiger partial charge in [-0.1, -0.05) is 26.0 Å². The van der Waals surface area contributed by atoms with E-state index in [0.717, 1.165) is 11.3 Å². The Bertz CT molecular complexity index is 555. The first-order valence-electron chi connectivity index (χ1n) is 7.95. The van der Waals surface area contributed by atoms with Crippen molar-refractivity contribution >= 4 is 29.9 Å². The van der Waals surface area contributed by atoms with Crippen LogP contribution in [-0.4, -0.2) is 30.6 Å². The second kappa shape index (κ2) is 9.01. The summed E-state index contributed by atoms with van der Waals surface area (Å²) in [6.07, 6.45) is 1.08. The van der Waals surface area contributed by atoms with Gasteiger partial charge in [-0.3, -0.25) is 9.59 Å². The van der Waals surface area contributed by atoms with E-state index >= 15 is 0 Å². The van der Waals surface area contributed by atoms with Crippen LogP contribution in [0.2, 0.25) is 0 Å². The van der Waals surface area contributed by atoms with Crippen LogP contribution in [0.15, 0.2) is 24.3 Å². The predicted octanol–water partition coefficient (Wildman–Crippen LogP) is 1.83. The molecule has 0 unspecified atom stereocenters. The van der Waals surface area contributed by atoms with Crippen LogP contribution >= 0.6 is 12.4 Å². The van der Waals surface area contributed by atoms with Gasteiger partial charge in [0, 0.05) is 31.4 Å². The molecule has 0 spiro atoms. The number of rotatable bonds is 5. The minimum absolute atomic E-state index is 0. The van der Waals surface area contributed by atoms with E-state index in [9.17, 15) is 9.59 Å². The molecule has 0 radical (unpaired) electrons. The molecule has 7 heteroatoms. The number of amides is 2. The molecule has 1 heterocycles. The lowest BCUT2D eigenvalue weighted by Gasteiger charge is -2.31. The van der Waals surface area contributed by atoms with Gasteiger partial charge in [0.05, 0.1) is 5.54 Å². The maximum atomic E-state index is 12.2. The number of benzene rings is 1. The lowest BCUT2D eigenvalue weighted by atomic mass is 9.90. The van der Waals surface area contributed by atoms with Crippen molar-refractivity contribution in [3.8, 4) is 0 Å². The van der Waals surface area contributed by atoms with Gasteiger partial charge in [-0.25, -0.2) is 0 Å². The number of nitrogens with one attached hydrogen (secondary N) is 2. The number of hydrogen-bond acceptors (Lipinski definition) is 4. The Morgan fingerprint density at radius 2 is 1.79 bits per heavy atom. The molecular weight excluding hydrogens is 330 g/mol. The molecular formula is C17H26ClN3O3. The molecule has 0 saturated carbocycles. The molecule has 1 aromatic rings. The van der Waals surface area contributed by atoms with Crippen LogP contribution in [0.5, 0.6) is 0 Å². The largest absolute Gasteiger partial charge is 0.381 e. The molecule has 0 aliphatic carbocycles. The molecule has 1 aliphatic heterocycles. The van der Waals surface area contributed by atoms with Gasteiger partial charge >= 0.3 is 0 Å². The van der Waals surface area contributed by atoms with E-state index in [4.69, 9.17) is 10.5 Å². The highest BCUT2D eigenvalue weighted by molar-refractivity contribution is 5.92. The number of carbonyl (C=O) groups excluding carboxylic acids is 2. The number of nitrogens with two attached hydrogens (primary N) is 1. The fraction of sp³-hybridized carbons (Fsp3) is 0.529. The first-order valence-corrected chi connectivity index (χ1v) is 7.95. The summed E-state index contributed by atoms with van der Waals surface area (Å²) in [7, 11) is 0. The van der Waals surface area contributed by atoms with Crippen molar-refractivity contribution in [1.82, 2.24) is 5.32 Å². The van der Waals surface area contributed by atoms with Gasteiger partial charge in [0.25, 0.3) is 0 Å². The van der Waals surface area contributed by atoms with Crippen LogP contribution in [0.25, 0.3) is 0 Å². The number of ether oxygens (including phenoxy) is 1. The Morgan fingerprint density at radius 3 is 2.33 bits per heavy atom. The highest BCUT2D eigenvalue weighted by Crippen LogP contribution is 2.18.